The summed E-state index contributed by atoms with van der Waals surface area (Å²) in [4.78, 5) is 11.1. The van der Waals surface area contributed by atoms with Crippen molar-refractivity contribution in [3.8, 4) is 5.88 Å². The summed E-state index contributed by atoms with van der Waals surface area (Å²) >= 11 is 0. The largest absolute Gasteiger partial charge is 0.478 e. The van der Waals surface area contributed by atoms with Crippen molar-refractivity contribution in [1.29, 1.82) is 0 Å². The molecule has 1 N–H and O–H groups in total. The van der Waals surface area contributed by atoms with Gasteiger partial charge in [0.1, 0.15) is 0 Å². The highest BCUT2D eigenvalue weighted by Crippen LogP contribution is 2.15. The molecule has 2 rings (SSSR count). The number of hydrogen-bond acceptors (Lipinski definition) is 5. The topological polar surface area (TPSA) is 50.3 Å². The van der Waals surface area contributed by atoms with Gasteiger partial charge in [0.15, 0.2) is 0 Å². The third-order valence-electron chi connectivity index (χ3n) is 3.30. The van der Waals surface area contributed by atoms with Crippen LogP contribution in [0.4, 0.5) is 5.95 Å². The molecule has 1 aromatic rings. The first-order chi connectivity index (χ1) is 9.31. The molecule has 106 valence electrons. The Kier molecular flexibility index (Phi) is 5.39. The molecule has 5 nitrogen and oxygen atoms in total. The average molecular weight is 264 g/mol. The highest BCUT2D eigenvalue weighted by Gasteiger charge is 2.19. The molecular weight excluding hydrogens is 240 g/mol. The second kappa shape index (κ2) is 7.28. The minimum absolute atomic E-state index is 0.442. The second-order valence-corrected chi connectivity index (χ2v) is 4.94. The lowest BCUT2D eigenvalue weighted by atomic mass is 10.1. The van der Waals surface area contributed by atoms with Gasteiger partial charge in [-0.2, -0.15) is 4.98 Å². The number of anilines is 1. The van der Waals surface area contributed by atoms with Crippen molar-refractivity contribution in [2.75, 3.05) is 31.6 Å². The molecule has 0 unspecified atom stereocenters. The Morgan fingerprint density at radius 1 is 1.47 bits per heavy atom. The van der Waals surface area contributed by atoms with Gasteiger partial charge in [0, 0.05) is 24.8 Å². The molecule has 19 heavy (non-hydrogen) atoms. The van der Waals surface area contributed by atoms with Crippen molar-refractivity contribution in [2.24, 2.45) is 0 Å². The lowest BCUT2D eigenvalue weighted by molar-refractivity contribution is 0.216. The van der Waals surface area contributed by atoms with E-state index in [4.69, 9.17) is 4.74 Å². The Labute approximate surface area is 115 Å². The van der Waals surface area contributed by atoms with Crippen molar-refractivity contribution >= 4 is 5.95 Å². The van der Waals surface area contributed by atoms with Gasteiger partial charge in [-0.15, -0.1) is 0 Å². The molecule has 0 bridgehead atoms. The summed E-state index contributed by atoms with van der Waals surface area (Å²) in [6, 6.07) is 2.23. The SMILES string of the molecule is CCCN1CCC[C@H](Nc2nccc(OCC)n2)C1. The lowest BCUT2D eigenvalue weighted by Crippen LogP contribution is -2.42. The van der Waals surface area contributed by atoms with Gasteiger partial charge in [-0.1, -0.05) is 6.92 Å². The fourth-order valence-electron chi connectivity index (χ4n) is 2.52. The number of likely N-dealkylation sites (tertiary alicyclic amines) is 1. The molecule has 1 atom stereocenters. The van der Waals surface area contributed by atoms with Gasteiger partial charge in [0.2, 0.25) is 11.8 Å². The van der Waals surface area contributed by atoms with Crippen LogP contribution in [0, 0.1) is 0 Å². The van der Waals surface area contributed by atoms with Crippen molar-refractivity contribution in [1.82, 2.24) is 14.9 Å². The summed E-state index contributed by atoms with van der Waals surface area (Å²) in [5.41, 5.74) is 0. The average Bonchev–Trinajstić information content (AvgIpc) is 2.40. The Morgan fingerprint density at radius 2 is 2.37 bits per heavy atom. The van der Waals surface area contributed by atoms with Crippen LogP contribution in [0.15, 0.2) is 12.3 Å². The molecule has 1 aliphatic heterocycles. The Bertz CT molecular complexity index is 383. The Balaban J connectivity index is 1.90. The first kappa shape index (κ1) is 14.1. The van der Waals surface area contributed by atoms with Gasteiger partial charge < -0.3 is 15.0 Å². The highest BCUT2D eigenvalue weighted by atomic mass is 16.5. The highest BCUT2D eigenvalue weighted by molar-refractivity contribution is 5.29. The van der Waals surface area contributed by atoms with E-state index in [9.17, 15) is 0 Å². The van der Waals surface area contributed by atoms with Crippen LogP contribution in [-0.4, -0.2) is 47.2 Å². The molecule has 1 fully saturated rings. The summed E-state index contributed by atoms with van der Waals surface area (Å²) in [6.45, 7) is 8.29. The standard InChI is InChI=1S/C14H24N4O/c1-3-9-18-10-5-6-12(11-18)16-14-15-8-7-13(17-14)19-4-2/h7-8,12H,3-6,9-11H2,1-2H3,(H,15,16,17)/t12-/m0/s1. The van der Waals surface area contributed by atoms with E-state index in [1.54, 1.807) is 12.3 Å². The van der Waals surface area contributed by atoms with E-state index in [2.05, 4.69) is 27.1 Å². The molecule has 5 heteroatoms. The number of piperidine rings is 1. The van der Waals surface area contributed by atoms with Crippen LogP contribution < -0.4 is 10.1 Å². The van der Waals surface area contributed by atoms with E-state index in [1.165, 1.54) is 32.4 Å². The predicted octanol–water partition coefficient (Wildman–Crippen LogP) is 2.16. The molecule has 1 aromatic heterocycles. The number of nitrogens with zero attached hydrogens (tertiary/aromatic N) is 3. The molecule has 0 aromatic carbocycles. The summed E-state index contributed by atoms with van der Waals surface area (Å²) in [7, 11) is 0. The van der Waals surface area contributed by atoms with Crippen LogP contribution >= 0.6 is 0 Å². The number of rotatable bonds is 6. The Morgan fingerprint density at radius 3 is 3.16 bits per heavy atom. The minimum Gasteiger partial charge on any atom is -0.478 e. The number of hydrogen-bond donors (Lipinski definition) is 1. The van der Waals surface area contributed by atoms with Gasteiger partial charge in [-0.3, -0.25) is 0 Å². The van der Waals surface area contributed by atoms with Gasteiger partial charge in [0.25, 0.3) is 0 Å². The minimum atomic E-state index is 0.442. The van der Waals surface area contributed by atoms with E-state index in [-0.39, 0.29) is 0 Å². The van der Waals surface area contributed by atoms with Crippen LogP contribution in [0.5, 0.6) is 5.88 Å². The second-order valence-electron chi connectivity index (χ2n) is 4.94. The fourth-order valence-corrected chi connectivity index (χ4v) is 2.52. The molecule has 0 saturated carbocycles. The molecule has 1 saturated heterocycles. The van der Waals surface area contributed by atoms with E-state index >= 15 is 0 Å². The molecule has 0 spiro atoms. The zero-order chi connectivity index (χ0) is 13.5. The molecule has 0 amide bonds. The maximum atomic E-state index is 5.39. The molecule has 0 aliphatic carbocycles. The van der Waals surface area contributed by atoms with E-state index in [0.717, 1.165) is 6.54 Å². The normalized spacial score (nSPS) is 20.2. The Hall–Kier alpha value is -1.36. The summed E-state index contributed by atoms with van der Waals surface area (Å²) in [5, 5.41) is 3.42. The van der Waals surface area contributed by atoms with Crippen LogP contribution in [-0.2, 0) is 0 Å². The fraction of sp³-hybridized carbons (Fsp3) is 0.714. The number of ether oxygens (including phenoxy) is 1. The lowest BCUT2D eigenvalue weighted by Gasteiger charge is -2.32. The van der Waals surface area contributed by atoms with E-state index < -0.39 is 0 Å². The third kappa shape index (κ3) is 4.35. The van der Waals surface area contributed by atoms with Crippen molar-refractivity contribution in [3.63, 3.8) is 0 Å². The van der Waals surface area contributed by atoms with Gasteiger partial charge >= 0.3 is 0 Å². The summed E-state index contributed by atoms with van der Waals surface area (Å²) in [6.07, 6.45) is 5.38. The van der Waals surface area contributed by atoms with Gasteiger partial charge in [0.05, 0.1) is 6.61 Å². The molecule has 1 aliphatic rings. The van der Waals surface area contributed by atoms with E-state index in [1.807, 2.05) is 6.92 Å². The summed E-state index contributed by atoms with van der Waals surface area (Å²) < 4.78 is 5.39. The zero-order valence-electron chi connectivity index (χ0n) is 11.9. The van der Waals surface area contributed by atoms with Gasteiger partial charge in [-0.05, 0) is 39.3 Å². The zero-order valence-corrected chi connectivity index (χ0v) is 11.9. The smallest absolute Gasteiger partial charge is 0.226 e. The van der Waals surface area contributed by atoms with Crippen molar-refractivity contribution < 1.29 is 4.74 Å². The van der Waals surface area contributed by atoms with Gasteiger partial charge in [-0.25, -0.2) is 4.98 Å². The number of aromatic nitrogens is 2. The van der Waals surface area contributed by atoms with E-state index in [0.29, 0.717) is 24.5 Å². The van der Waals surface area contributed by atoms with Crippen LogP contribution in [0.2, 0.25) is 0 Å². The third-order valence-corrected chi connectivity index (χ3v) is 3.30. The molecular formula is C14H24N4O. The maximum absolute atomic E-state index is 5.39. The molecule has 2 heterocycles. The monoisotopic (exact) mass is 264 g/mol. The quantitative estimate of drug-likeness (QED) is 0.853. The summed E-state index contributed by atoms with van der Waals surface area (Å²) in [5.74, 6) is 1.32. The molecule has 0 radical (unpaired) electrons. The van der Waals surface area contributed by atoms with Crippen molar-refractivity contribution in [3.05, 3.63) is 12.3 Å². The number of nitrogens with one attached hydrogen (secondary N) is 1. The predicted molar refractivity (Wildman–Crippen MR) is 76.6 cm³/mol. The first-order valence-corrected chi connectivity index (χ1v) is 7.26. The first-order valence-electron chi connectivity index (χ1n) is 7.26. The van der Waals surface area contributed by atoms with Crippen LogP contribution in [0.3, 0.4) is 0 Å². The maximum Gasteiger partial charge on any atom is 0.226 e. The van der Waals surface area contributed by atoms with Crippen LogP contribution in [0.1, 0.15) is 33.1 Å². The van der Waals surface area contributed by atoms with Crippen LogP contribution in [0.25, 0.3) is 0 Å². The van der Waals surface area contributed by atoms with Crippen molar-refractivity contribution in [2.45, 2.75) is 39.2 Å².